The Morgan fingerprint density at radius 1 is 1.06 bits per heavy atom. The van der Waals surface area contributed by atoms with Crippen molar-refractivity contribution in [2.75, 3.05) is 13.1 Å². The quantitative estimate of drug-likeness (QED) is 0.512. The van der Waals surface area contributed by atoms with Gasteiger partial charge in [-0.2, -0.15) is 0 Å². The van der Waals surface area contributed by atoms with E-state index >= 15 is 0 Å². The molecular formula is C24H36N4O2S. The molecule has 1 fully saturated rings. The summed E-state index contributed by atoms with van der Waals surface area (Å²) in [7, 11) is 0. The number of carbonyl (C=O) groups excluding carboxylic acids is 1. The first kappa shape index (κ1) is 23.6. The van der Waals surface area contributed by atoms with Crippen LogP contribution in [0.25, 0.3) is 0 Å². The first-order valence-corrected chi connectivity index (χ1v) is 12.4. The number of aryl methyl sites for hydroxylation is 1. The smallest absolute Gasteiger partial charge is 0.235 e. The van der Waals surface area contributed by atoms with E-state index in [1.54, 1.807) is 0 Å². The van der Waals surface area contributed by atoms with E-state index in [4.69, 9.17) is 4.74 Å². The van der Waals surface area contributed by atoms with E-state index in [0.29, 0.717) is 12.5 Å². The Kier molecular flexibility index (Phi) is 8.81. The number of ether oxygens (including phenoxy) is 1. The summed E-state index contributed by atoms with van der Waals surface area (Å²) in [6.07, 6.45) is 5.66. The summed E-state index contributed by atoms with van der Waals surface area (Å²) < 4.78 is 8.09. The molecule has 1 aliphatic rings. The van der Waals surface area contributed by atoms with Crippen molar-refractivity contribution in [1.29, 1.82) is 0 Å². The number of carbonyl (C=O) groups is 1. The maximum Gasteiger partial charge on any atom is 0.235 e. The maximum absolute atomic E-state index is 13.0. The second kappa shape index (κ2) is 11.6. The molecule has 0 spiro atoms. The number of thioether (sulfide) groups is 1. The molecule has 0 radical (unpaired) electrons. The molecule has 1 atom stereocenters. The van der Waals surface area contributed by atoms with Gasteiger partial charge in [-0.05, 0) is 49.8 Å². The molecule has 1 aromatic carbocycles. The van der Waals surface area contributed by atoms with Crippen LogP contribution in [0.5, 0.6) is 5.75 Å². The molecule has 1 amide bonds. The Hall–Kier alpha value is -2.02. The second-order valence-electron chi connectivity index (χ2n) is 8.69. The minimum Gasteiger partial charge on any atom is -0.486 e. The van der Waals surface area contributed by atoms with Gasteiger partial charge in [-0.1, -0.05) is 57.5 Å². The standard InChI is InChI=1S/C24H36N4O2S/c1-5-20-10-12-21(13-11-20)30-17-22-25-26-24(28(22)16-18(2)3)31-19(4)23(29)27-14-8-6-7-9-15-27/h10-13,18-19H,5-9,14-17H2,1-4H3. The molecule has 1 aromatic heterocycles. The van der Waals surface area contributed by atoms with Crippen molar-refractivity contribution < 1.29 is 9.53 Å². The van der Waals surface area contributed by atoms with Gasteiger partial charge in [0.25, 0.3) is 0 Å². The first-order chi connectivity index (χ1) is 15.0. The van der Waals surface area contributed by atoms with Crippen LogP contribution in [0.15, 0.2) is 29.4 Å². The third-order valence-corrected chi connectivity index (χ3v) is 6.66. The zero-order valence-electron chi connectivity index (χ0n) is 19.3. The van der Waals surface area contributed by atoms with E-state index < -0.39 is 0 Å². The molecule has 0 aliphatic carbocycles. The van der Waals surface area contributed by atoms with E-state index in [2.05, 4.69) is 47.7 Å². The number of hydrogen-bond donors (Lipinski definition) is 0. The Morgan fingerprint density at radius 3 is 2.35 bits per heavy atom. The number of amides is 1. The van der Waals surface area contributed by atoms with Crippen LogP contribution in [0.3, 0.4) is 0 Å². The highest BCUT2D eigenvalue weighted by atomic mass is 32.2. The molecule has 1 aliphatic heterocycles. The van der Waals surface area contributed by atoms with E-state index in [1.807, 2.05) is 24.0 Å². The van der Waals surface area contributed by atoms with Crippen LogP contribution in [-0.4, -0.2) is 43.9 Å². The highest BCUT2D eigenvalue weighted by Crippen LogP contribution is 2.26. The number of nitrogens with zero attached hydrogens (tertiary/aromatic N) is 4. The van der Waals surface area contributed by atoms with Crippen LogP contribution >= 0.6 is 11.8 Å². The summed E-state index contributed by atoms with van der Waals surface area (Å²) in [5.74, 6) is 2.27. The van der Waals surface area contributed by atoms with Gasteiger partial charge in [0.05, 0.1) is 5.25 Å². The van der Waals surface area contributed by atoms with Crippen molar-refractivity contribution in [2.24, 2.45) is 5.92 Å². The summed E-state index contributed by atoms with van der Waals surface area (Å²) in [6.45, 7) is 11.4. The van der Waals surface area contributed by atoms with E-state index in [9.17, 15) is 4.79 Å². The molecule has 6 nitrogen and oxygen atoms in total. The summed E-state index contributed by atoms with van der Waals surface area (Å²) in [4.78, 5) is 15.0. The minimum atomic E-state index is -0.177. The van der Waals surface area contributed by atoms with Gasteiger partial charge < -0.3 is 14.2 Å². The lowest BCUT2D eigenvalue weighted by Crippen LogP contribution is -2.37. The monoisotopic (exact) mass is 444 g/mol. The molecule has 2 heterocycles. The van der Waals surface area contributed by atoms with Gasteiger partial charge in [0, 0.05) is 19.6 Å². The molecule has 3 rings (SSSR count). The molecule has 1 unspecified atom stereocenters. The van der Waals surface area contributed by atoms with Crippen molar-refractivity contribution in [2.45, 2.75) is 83.4 Å². The highest BCUT2D eigenvalue weighted by Gasteiger charge is 2.25. The van der Waals surface area contributed by atoms with Crippen LogP contribution in [0.2, 0.25) is 0 Å². The summed E-state index contributed by atoms with van der Waals surface area (Å²) >= 11 is 1.51. The van der Waals surface area contributed by atoms with Gasteiger partial charge in [-0.3, -0.25) is 4.79 Å². The van der Waals surface area contributed by atoms with E-state index in [-0.39, 0.29) is 11.2 Å². The van der Waals surface area contributed by atoms with Gasteiger partial charge >= 0.3 is 0 Å². The van der Waals surface area contributed by atoms with Gasteiger partial charge in [0.1, 0.15) is 12.4 Å². The molecular weight excluding hydrogens is 408 g/mol. The molecule has 0 bridgehead atoms. The molecule has 31 heavy (non-hydrogen) atoms. The normalized spacial score (nSPS) is 15.7. The number of hydrogen-bond acceptors (Lipinski definition) is 5. The van der Waals surface area contributed by atoms with Gasteiger partial charge in [-0.25, -0.2) is 0 Å². The largest absolute Gasteiger partial charge is 0.486 e. The highest BCUT2D eigenvalue weighted by molar-refractivity contribution is 8.00. The maximum atomic E-state index is 13.0. The molecule has 1 saturated heterocycles. The van der Waals surface area contributed by atoms with Crippen molar-refractivity contribution in [3.63, 3.8) is 0 Å². The molecule has 0 saturated carbocycles. The molecule has 2 aromatic rings. The van der Waals surface area contributed by atoms with E-state index in [0.717, 1.165) is 55.6 Å². The van der Waals surface area contributed by atoms with E-state index in [1.165, 1.54) is 30.2 Å². The molecule has 170 valence electrons. The lowest BCUT2D eigenvalue weighted by atomic mass is 10.2. The zero-order chi connectivity index (χ0) is 22.2. The number of rotatable bonds is 9. The lowest BCUT2D eigenvalue weighted by molar-refractivity contribution is -0.130. The Bertz CT molecular complexity index is 827. The Balaban J connectivity index is 1.67. The average molecular weight is 445 g/mol. The second-order valence-corrected chi connectivity index (χ2v) is 10.00. The van der Waals surface area contributed by atoms with Crippen molar-refractivity contribution in [3.05, 3.63) is 35.7 Å². The van der Waals surface area contributed by atoms with Crippen molar-refractivity contribution in [3.8, 4) is 5.75 Å². The topological polar surface area (TPSA) is 60.3 Å². The SMILES string of the molecule is CCc1ccc(OCc2nnc(SC(C)C(=O)N3CCCCCC3)n2CC(C)C)cc1. The number of likely N-dealkylation sites (tertiary alicyclic amines) is 1. The Labute approximate surface area is 190 Å². The average Bonchev–Trinajstić information content (AvgIpc) is 2.96. The predicted molar refractivity (Wildman–Crippen MR) is 125 cm³/mol. The predicted octanol–water partition coefficient (Wildman–Crippen LogP) is 4.96. The fraction of sp³-hybridized carbons (Fsp3) is 0.625. The summed E-state index contributed by atoms with van der Waals surface area (Å²) in [5, 5.41) is 9.44. The van der Waals surface area contributed by atoms with Crippen molar-refractivity contribution in [1.82, 2.24) is 19.7 Å². The minimum absolute atomic E-state index is 0.177. The van der Waals surface area contributed by atoms with Gasteiger partial charge in [0.15, 0.2) is 11.0 Å². The van der Waals surface area contributed by atoms with Crippen LogP contribution in [-0.2, 0) is 24.4 Å². The molecule has 7 heteroatoms. The Morgan fingerprint density at radius 2 is 1.74 bits per heavy atom. The van der Waals surface area contributed by atoms with Crippen molar-refractivity contribution >= 4 is 17.7 Å². The van der Waals surface area contributed by atoms with Gasteiger partial charge in [0.2, 0.25) is 5.91 Å². The number of aromatic nitrogens is 3. The third kappa shape index (κ3) is 6.73. The number of benzene rings is 1. The first-order valence-electron chi connectivity index (χ1n) is 11.6. The lowest BCUT2D eigenvalue weighted by Gasteiger charge is -2.23. The third-order valence-electron chi connectivity index (χ3n) is 5.59. The van der Waals surface area contributed by atoms with Gasteiger partial charge in [-0.15, -0.1) is 10.2 Å². The summed E-state index contributed by atoms with van der Waals surface area (Å²) in [5.41, 5.74) is 1.29. The zero-order valence-corrected chi connectivity index (χ0v) is 20.2. The van der Waals surface area contributed by atoms with Crippen LogP contribution < -0.4 is 4.74 Å². The van der Waals surface area contributed by atoms with Crippen LogP contribution in [0.1, 0.15) is 64.8 Å². The fourth-order valence-corrected chi connectivity index (χ4v) is 4.75. The van der Waals surface area contributed by atoms with Crippen LogP contribution in [0, 0.1) is 5.92 Å². The fourth-order valence-electron chi connectivity index (χ4n) is 3.79. The van der Waals surface area contributed by atoms with Crippen LogP contribution in [0.4, 0.5) is 0 Å². The summed E-state index contributed by atoms with van der Waals surface area (Å²) in [6, 6.07) is 8.18. The molecule has 0 N–H and O–H groups in total.